The van der Waals surface area contributed by atoms with Gasteiger partial charge in [0.25, 0.3) is 0 Å². The van der Waals surface area contributed by atoms with Crippen molar-refractivity contribution in [3.8, 4) is 5.75 Å². The molecule has 0 radical (unpaired) electrons. The summed E-state index contributed by atoms with van der Waals surface area (Å²) in [5.74, 6) is -0.337. The second-order valence-electron chi connectivity index (χ2n) is 6.77. The van der Waals surface area contributed by atoms with Gasteiger partial charge >= 0.3 is 5.97 Å². The molecule has 0 spiro atoms. The average molecular weight is 333 g/mol. The maximum absolute atomic E-state index is 12.4. The molecular formula is C19H27NO4. The van der Waals surface area contributed by atoms with Crippen LogP contribution in [0, 0.1) is 11.8 Å². The molecule has 132 valence electrons. The third kappa shape index (κ3) is 5.25. The largest absolute Gasteiger partial charge is 0.506 e. The Kier molecular flexibility index (Phi) is 6.64. The topological polar surface area (TPSA) is 86.6 Å². The highest BCUT2D eigenvalue weighted by atomic mass is 16.4. The minimum absolute atomic E-state index is 0.0228. The third-order valence-electron chi connectivity index (χ3n) is 4.86. The van der Waals surface area contributed by atoms with Crippen LogP contribution in [0.3, 0.4) is 0 Å². The number of amides is 1. The summed E-state index contributed by atoms with van der Waals surface area (Å²) < 4.78 is 0. The summed E-state index contributed by atoms with van der Waals surface area (Å²) in [6.07, 6.45) is 7.53. The Labute approximate surface area is 143 Å². The normalized spacial score (nSPS) is 20.5. The lowest BCUT2D eigenvalue weighted by Gasteiger charge is -2.27. The molecule has 0 aromatic heterocycles. The number of carboxylic acids is 1. The van der Waals surface area contributed by atoms with Crippen LogP contribution >= 0.6 is 0 Å². The molecule has 0 heterocycles. The minimum Gasteiger partial charge on any atom is -0.506 e. The zero-order chi connectivity index (χ0) is 17.5. The van der Waals surface area contributed by atoms with Crippen molar-refractivity contribution < 1.29 is 19.8 Å². The van der Waals surface area contributed by atoms with Crippen molar-refractivity contribution in [3.05, 3.63) is 23.8 Å². The van der Waals surface area contributed by atoms with Crippen molar-refractivity contribution in [2.75, 3.05) is 5.32 Å². The van der Waals surface area contributed by atoms with Gasteiger partial charge in [-0.3, -0.25) is 9.59 Å². The molecule has 5 nitrogen and oxygen atoms in total. The highest BCUT2D eigenvalue weighted by molar-refractivity contribution is 5.94. The smallest absolute Gasteiger partial charge is 0.307 e. The van der Waals surface area contributed by atoms with Crippen LogP contribution in [0.15, 0.2) is 18.2 Å². The first-order valence-electron chi connectivity index (χ1n) is 8.84. The fourth-order valence-electron chi connectivity index (χ4n) is 3.41. The summed E-state index contributed by atoms with van der Waals surface area (Å²) in [5, 5.41) is 21.5. The van der Waals surface area contributed by atoms with Gasteiger partial charge in [0.1, 0.15) is 5.75 Å². The van der Waals surface area contributed by atoms with Crippen molar-refractivity contribution in [2.45, 2.75) is 58.3 Å². The minimum atomic E-state index is -0.941. The van der Waals surface area contributed by atoms with Gasteiger partial charge in [-0.05, 0) is 49.3 Å². The lowest BCUT2D eigenvalue weighted by molar-refractivity contribution is -0.136. The van der Waals surface area contributed by atoms with Gasteiger partial charge in [-0.2, -0.15) is 0 Å². The lowest BCUT2D eigenvalue weighted by atomic mass is 9.79. The fourth-order valence-corrected chi connectivity index (χ4v) is 3.41. The number of phenolic OH excluding ortho intramolecular Hbond substituents is 1. The number of rotatable bonds is 7. The van der Waals surface area contributed by atoms with Gasteiger partial charge in [0, 0.05) is 5.92 Å². The molecule has 0 unspecified atom stereocenters. The highest BCUT2D eigenvalue weighted by Crippen LogP contribution is 2.33. The molecule has 1 saturated carbocycles. The van der Waals surface area contributed by atoms with Crippen molar-refractivity contribution >= 4 is 17.6 Å². The van der Waals surface area contributed by atoms with Crippen LogP contribution < -0.4 is 5.32 Å². The van der Waals surface area contributed by atoms with E-state index in [0.717, 1.165) is 31.6 Å². The second-order valence-corrected chi connectivity index (χ2v) is 6.77. The average Bonchev–Trinajstić information content (AvgIpc) is 2.56. The molecule has 24 heavy (non-hydrogen) atoms. The maximum atomic E-state index is 12.4. The van der Waals surface area contributed by atoms with Crippen LogP contribution in [0.4, 0.5) is 5.69 Å². The molecule has 5 heteroatoms. The number of anilines is 1. The van der Waals surface area contributed by atoms with Crippen LogP contribution in [0.1, 0.15) is 57.4 Å². The number of aliphatic carboxylic acids is 1. The van der Waals surface area contributed by atoms with Crippen LogP contribution in [-0.4, -0.2) is 22.1 Å². The van der Waals surface area contributed by atoms with Gasteiger partial charge in [-0.1, -0.05) is 32.3 Å². The standard InChI is InChI=1S/C19H27NO4/c1-2-3-4-13-5-8-15(9-6-13)19(24)20-16-11-14(12-18(22)23)7-10-17(16)21/h7,10-11,13,15,21H,2-6,8-9,12H2,1H3,(H,20,24)(H,22,23). The molecule has 0 aliphatic heterocycles. The first-order chi connectivity index (χ1) is 11.5. The predicted molar refractivity (Wildman–Crippen MR) is 93.0 cm³/mol. The molecule has 1 aliphatic rings. The number of unbranched alkanes of at least 4 members (excludes halogenated alkanes) is 1. The summed E-state index contributed by atoms with van der Waals surface area (Å²) in [4.78, 5) is 23.2. The Morgan fingerprint density at radius 1 is 1.21 bits per heavy atom. The quantitative estimate of drug-likeness (QED) is 0.659. The van der Waals surface area contributed by atoms with Crippen molar-refractivity contribution in [3.63, 3.8) is 0 Å². The number of hydrogen-bond acceptors (Lipinski definition) is 3. The highest BCUT2D eigenvalue weighted by Gasteiger charge is 2.26. The van der Waals surface area contributed by atoms with E-state index in [4.69, 9.17) is 5.11 Å². The van der Waals surface area contributed by atoms with E-state index < -0.39 is 5.97 Å². The Balaban J connectivity index is 1.91. The van der Waals surface area contributed by atoms with Crippen molar-refractivity contribution in [1.29, 1.82) is 0 Å². The van der Waals surface area contributed by atoms with E-state index in [1.165, 1.54) is 31.4 Å². The van der Waals surface area contributed by atoms with E-state index in [1.54, 1.807) is 6.07 Å². The van der Waals surface area contributed by atoms with Gasteiger partial charge in [0.2, 0.25) is 5.91 Å². The zero-order valence-corrected chi connectivity index (χ0v) is 14.3. The first-order valence-corrected chi connectivity index (χ1v) is 8.84. The van der Waals surface area contributed by atoms with E-state index in [-0.39, 0.29) is 24.0 Å². The van der Waals surface area contributed by atoms with E-state index in [9.17, 15) is 14.7 Å². The summed E-state index contributed by atoms with van der Waals surface area (Å²) in [6.45, 7) is 2.20. The van der Waals surface area contributed by atoms with E-state index >= 15 is 0 Å². The monoisotopic (exact) mass is 333 g/mol. The summed E-state index contributed by atoms with van der Waals surface area (Å²) in [6, 6.07) is 4.52. The van der Waals surface area contributed by atoms with E-state index in [2.05, 4.69) is 12.2 Å². The van der Waals surface area contributed by atoms with Crippen molar-refractivity contribution in [2.24, 2.45) is 11.8 Å². The molecular weight excluding hydrogens is 306 g/mol. The number of carbonyl (C=O) groups excluding carboxylic acids is 1. The lowest BCUT2D eigenvalue weighted by Crippen LogP contribution is -2.27. The molecule has 2 rings (SSSR count). The summed E-state index contributed by atoms with van der Waals surface area (Å²) in [5.41, 5.74) is 0.853. The molecule has 1 aromatic carbocycles. The number of carboxylic acid groups (broad SMARTS) is 1. The Bertz CT molecular complexity index is 577. The summed E-state index contributed by atoms with van der Waals surface area (Å²) in [7, 11) is 0. The number of nitrogens with one attached hydrogen (secondary N) is 1. The summed E-state index contributed by atoms with van der Waals surface area (Å²) >= 11 is 0. The number of hydrogen-bond donors (Lipinski definition) is 3. The zero-order valence-electron chi connectivity index (χ0n) is 14.3. The Morgan fingerprint density at radius 2 is 1.92 bits per heavy atom. The van der Waals surface area contributed by atoms with Crippen molar-refractivity contribution in [1.82, 2.24) is 0 Å². The van der Waals surface area contributed by atoms with Gasteiger partial charge in [-0.15, -0.1) is 0 Å². The van der Waals surface area contributed by atoms with Gasteiger partial charge in [0.05, 0.1) is 12.1 Å². The molecule has 1 aromatic rings. The SMILES string of the molecule is CCCCC1CCC(C(=O)Nc2cc(CC(=O)O)ccc2O)CC1. The van der Waals surface area contributed by atoms with Crippen LogP contribution in [0.2, 0.25) is 0 Å². The Morgan fingerprint density at radius 3 is 2.54 bits per heavy atom. The number of aromatic hydroxyl groups is 1. The Hall–Kier alpha value is -2.04. The van der Waals surface area contributed by atoms with E-state index in [1.807, 2.05) is 0 Å². The van der Waals surface area contributed by atoms with Crippen LogP contribution in [0.25, 0.3) is 0 Å². The number of phenols is 1. The third-order valence-corrected chi connectivity index (χ3v) is 4.86. The molecule has 0 atom stereocenters. The van der Waals surface area contributed by atoms with Crippen LogP contribution in [0.5, 0.6) is 5.75 Å². The van der Waals surface area contributed by atoms with Gasteiger partial charge in [0.15, 0.2) is 0 Å². The molecule has 0 saturated heterocycles. The molecule has 1 aliphatic carbocycles. The first kappa shape index (κ1) is 18.3. The molecule has 1 fully saturated rings. The fraction of sp³-hybridized carbons (Fsp3) is 0.579. The molecule has 3 N–H and O–H groups in total. The van der Waals surface area contributed by atoms with Crippen LogP contribution in [-0.2, 0) is 16.0 Å². The molecule has 1 amide bonds. The maximum Gasteiger partial charge on any atom is 0.307 e. The number of carbonyl (C=O) groups is 2. The molecule has 0 bridgehead atoms. The van der Waals surface area contributed by atoms with E-state index in [0.29, 0.717) is 11.3 Å². The van der Waals surface area contributed by atoms with Gasteiger partial charge < -0.3 is 15.5 Å². The second kappa shape index (κ2) is 8.71. The van der Waals surface area contributed by atoms with Gasteiger partial charge in [-0.25, -0.2) is 0 Å². The number of benzene rings is 1. The predicted octanol–water partition coefficient (Wildman–Crippen LogP) is 3.95.